The van der Waals surface area contributed by atoms with Gasteiger partial charge in [-0.15, -0.1) is 0 Å². The number of imide groups is 1. The number of fused-ring (bicyclic) bond motifs is 5. The van der Waals surface area contributed by atoms with Crippen molar-refractivity contribution in [2.75, 3.05) is 6.61 Å². The van der Waals surface area contributed by atoms with Crippen molar-refractivity contribution in [1.29, 1.82) is 0 Å². The van der Waals surface area contributed by atoms with Gasteiger partial charge in [-0.05, 0) is 50.0 Å². The van der Waals surface area contributed by atoms with Crippen LogP contribution in [0.5, 0.6) is 0 Å². The molecule has 2 saturated carbocycles. The molecule has 2 amide bonds. The zero-order chi connectivity index (χ0) is 18.7. The Morgan fingerprint density at radius 1 is 1.11 bits per heavy atom. The molecule has 3 fully saturated rings. The first-order valence-corrected chi connectivity index (χ1v) is 9.85. The van der Waals surface area contributed by atoms with Crippen LogP contribution >= 0.6 is 0 Å². The van der Waals surface area contributed by atoms with Crippen molar-refractivity contribution in [2.24, 2.45) is 23.7 Å². The van der Waals surface area contributed by atoms with Crippen molar-refractivity contribution in [2.45, 2.75) is 38.6 Å². The van der Waals surface area contributed by atoms with Gasteiger partial charge in [-0.3, -0.25) is 9.59 Å². The molecule has 27 heavy (non-hydrogen) atoms. The Morgan fingerprint density at radius 3 is 2.56 bits per heavy atom. The lowest BCUT2D eigenvalue weighted by Gasteiger charge is -2.28. The van der Waals surface area contributed by atoms with Crippen LogP contribution in [0.2, 0.25) is 0 Å². The summed E-state index contributed by atoms with van der Waals surface area (Å²) < 4.78 is 5.23. The molecule has 0 spiro atoms. The number of carbonyl (C=O) groups excluding carboxylic acids is 3. The molecule has 0 aromatic heterocycles. The number of amides is 2. The first-order valence-electron chi connectivity index (χ1n) is 9.85. The molecule has 2 bridgehead atoms. The van der Waals surface area contributed by atoms with E-state index in [2.05, 4.69) is 0 Å². The van der Waals surface area contributed by atoms with Crippen LogP contribution in [0, 0.1) is 23.7 Å². The second-order valence-electron chi connectivity index (χ2n) is 8.38. The smallest absolute Gasteiger partial charge is 0.417 e. The Morgan fingerprint density at radius 2 is 1.81 bits per heavy atom. The molecule has 1 heterocycles. The van der Waals surface area contributed by atoms with E-state index in [1.165, 1.54) is 4.90 Å². The highest BCUT2D eigenvalue weighted by Gasteiger charge is 2.58. The molecule has 3 aliphatic carbocycles. The number of carbonyl (C=O) groups is 3. The quantitative estimate of drug-likeness (QED) is 0.825. The van der Waals surface area contributed by atoms with E-state index >= 15 is 0 Å². The minimum absolute atomic E-state index is 0.00882. The maximum absolute atomic E-state index is 13.4. The number of hydrogen-bond acceptors (Lipinski definition) is 4. The molecule has 5 rings (SSSR count). The summed E-state index contributed by atoms with van der Waals surface area (Å²) in [4.78, 5) is 39.9. The van der Waals surface area contributed by atoms with Gasteiger partial charge < -0.3 is 4.74 Å². The number of Topliss-reactive ketones (excluding diaryl/α,β-unsaturated/α-hetero) is 1. The third-order valence-electron chi connectivity index (χ3n) is 7.05. The molecule has 1 saturated heterocycles. The van der Waals surface area contributed by atoms with Crippen LogP contribution in [-0.4, -0.2) is 35.3 Å². The molecule has 1 aromatic carbocycles. The average molecular weight is 365 g/mol. The van der Waals surface area contributed by atoms with Crippen molar-refractivity contribution in [1.82, 2.24) is 4.90 Å². The Balaban J connectivity index is 1.45. The first-order chi connectivity index (χ1) is 13.1. The Bertz CT molecular complexity index is 858. The fourth-order valence-corrected chi connectivity index (χ4v) is 5.90. The van der Waals surface area contributed by atoms with Crippen molar-refractivity contribution < 1.29 is 19.1 Å². The van der Waals surface area contributed by atoms with Crippen molar-refractivity contribution in [3.8, 4) is 0 Å². The van der Waals surface area contributed by atoms with Gasteiger partial charge in [-0.25, -0.2) is 9.69 Å². The van der Waals surface area contributed by atoms with Crippen LogP contribution in [0.4, 0.5) is 4.79 Å². The van der Waals surface area contributed by atoms with Crippen molar-refractivity contribution in [3.05, 3.63) is 47.0 Å². The molecule has 0 unspecified atom stereocenters. The molecular weight excluding hydrogens is 342 g/mol. The Kier molecular flexibility index (Phi) is 3.74. The summed E-state index contributed by atoms with van der Waals surface area (Å²) in [5.74, 6) is 0.625. The minimum atomic E-state index is -0.583. The molecule has 5 heteroatoms. The standard InChI is InChI=1S/C22H23NO4/c1-12-17(18-14-7-8-15(10-14)19(18)20(12)24)21(25)23-16(11-27-22(23)26)9-13-5-3-2-4-6-13/h2-6,14-16,18-19H,7-11H2,1H3/t14-,15+,16-,18-,19-/m0/s1. The summed E-state index contributed by atoms with van der Waals surface area (Å²) in [5.41, 5.74) is 2.23. The number of allylic oxidation sites excluding steroid dienone is 1. The van der Waals surface area contributed by atoms with E-state index in [9.17, 15) is 14.4 Å². The SMILES string of the molecule is CC1=C(C(=O)N2C(=O)OC[C@@H]2Cc2ccccc2)[C@@H]2[C@H]3CC[C@H](C3)[C@@H]2C1=O. The predicted molar refractivity (Wildman–Crippen MR) is 97.6 cm³/mol. The second-order valence-corrected chi connectivity index (χ2v) is 8.38. The van der Waals surface area contributed by atoms with Crippen molar-refractivity contribution >= 4 is 17.8 Å². The first kappa shape index (κ1) is 16.7. The van der Waals surface area contributed by atoms with Gasteiger partial charge in [-0.2, -0.15) is 0 Å². The number of ketones is 1. The lowest BCUT2D eigenvalue weighted by Crippen LogP contribution is -2.42. The number of cyclic esters (lactones) is 1. The topological polar surface area (TPSA) is 63.7 Å². The average Bonchev–Trinajstić information content (AvgIpc) is 3.41. The van der Waals surface area contributed by atoms with Crippen LogP contribution in [-0.2, 0) is 20.7 Å². The van der Waals surface area contributed by atoms with Gasteiger partial charge >= 0.3 is 6.09 Å². The third-order valence-corrected chi connectivity index (χ3v) is 7.05. The van der Waals surface area contributed by atoms with Crippen molar-refractivity contribution in [3.63, 3.8) is 0 Å². The van der Waals surface area contributed by atoms with Crippen LogP contribution < -0.4 is 0 Å². The Hall–Kier alpha value is -2.43. The normalized spacial score (nSPS) is 34.4. The molecule has 0 radical (unpaired) electrons. The summed E-state index contributed by atoms with van der Waals surface area (Å²) in [6.07, 6.45) is 3.21. The number of ether oxygens (including phenoxy) is 1. The summed E-state index contributed by atoms with van der Waals surface area (Å²) in [6.45, 7) is 1.97. The number of rotatable bonds is 3. The van der Waals surface area contributed by atoms with E-state index in [0.29, 0.717) is 29.4 Å². The van der Waals surface area contributed by atoms with E-state index in [1.807, 2.05) is 30.3 Å². The molecule has 140 valence electrons. The number of hydrogen-bond donors (Lipinski definition) is 0. The van der Waals surface area contributed by atoms with Gasteiger partial charge in [0.2, 0.25) is 0 Å². The maximum Gasteiger partial charge on any atom is 0.417 e. The molecule has 1 aliphatic heterocycles. The zero-order valence-electron chi connectivity index (χ0n) is 15.4. The van der Waals surface area contributed by atoms with E-state index in [-0.39, 0.29) is 36.2 Å². The monoisotopic (exact) mass is 365 g/mol. The highest BCUT2D eigenvalue weighted by Crippen LogP contribution is 2.59. The lowest BCUT2D eigenvalue weighted by atomic mass is 9.78. The molecular formula is C22H23NO4. The van der Waals surface area contributed by atoms with Gasteiger partial charge in [0.1, 0.15) is 6.61 Å². The van der Waals surface area contributed by atoms with E-state index in [0.717, 1.165) is 24.8 Å². The van der Waals surface area contributed by atoms with Crippen LogP contribution in [0.3, 0.4) is 0 Å². The van der Waals surface area contributed by atoms with Gasteiger partial charge in [0.25, 0.3) is 5.91 Å². The maximum atomic E-state index is 13.4. The fraction of sp³-hybridized carbons (Fsp3) is 0.500. The number of nitrogens with zero attached hydrogens (tertiary/aromatic N) is 1. The Labute approximate surface area is 158 Å². The van der Waals surface area contributed by atoms with E-state index < -0.39 is 6.09 Å². The van der Waals surface area contributed by atoms with E-state index in [4.69, 9.17) is 4.74 Å². The predicted octanol–water partition coefficient (Wildman–Crippen LogP) is 3.14. The summed E-state index contributed by atoms with van der Waals surface area (Å²) >= 11 is 0. The van der Waals surface area contributed by atoms with Gasteiger partial charge in [-0.1, -0.05) is 30.3 Å². The molecule has 5 atom stereocenters. The fourth-order valence-electron chi connectivity index (χ4n) is 5.90. The van der Waals surface area contributed by atoms with Crippen LogP contribution in [0.25, 0.3) is 0 Å². The summed E-state index contributed by atoms with van der Waals surface area (Å²) in [7, 11) is 0. The lowest BCUT2D eigenvalue weighted by molar-refractivity contribution is -0.126. The zero-order valence-corrected chi connectivity index (χ0v) is 15.4. The highest BCUT2D eigenvalue weighted by molar-refractivity contribution is 6.14. The molecule has 0 N–H and O–H groups in total. The molecule has 5 nitrogen and oxygen atoms in total. The highest BCUT2D eigenvalue weighted by atomic mass is 16.6. The second kappa shape index (κ2) is 6.04. The van der Waals surface area contributed by atoms with Gasteiger partial charge in [0.05, 0.1) is 6.04 Å². The molecule has 1 aromatic rings. The molecule has 4 aliphatic rings. The largest absolute Gasteiger partial charge is 0.447 e. The third kappa shape index (κ3) is 2.40. The van der Waals surface area contributed by atoms with Gasteiger partial charge in [0.15, 0.2) is 5.78 Å². The summed E-state index contributed by atoms with van der Waals surface area (Å²) in [6, 6.07) is 9.49. The van der Waals surface area contributed by atoms with Gasteiger partial charge in [0, 0.05) is 23.0 Å². The van der Waals surface area contributed by atoms with Crippen LogP contribution in [0.15, 0.2) is 41.5 Å². The van der Waals surface area contributed by atoms with Crippen LogP contribution in [0.1, 0.15) is 31.7 Å². The summed E-state index contributed by atoms with van der Waals surface area (Å²) in [5, 5.41) is 0. The number of benzene rings is 1. The van der Waals surface area contributed by atoms with E-state index in [1.54, 1.807) is 6.92 Å². The minimum Gasteiger partial charge on any atom is -0.447 e.